The molecule has 0 saturated carbocycles. The van der Waals surface area contributed by atoms with Crippen LogP contribution in [0.2, 0.25) is 0 Å². The summed E-state index contributed by atoms with van der Waals surface area (Å²) in [6, 6.07) is 14.3. The van der Waals surface area contributed by atoms with Gasteiger partial charge in [-0.05, 0) is 42.8 Å². The summed E-state index contributed by atoms with van der Waals surface area (Å²) >= 11 is 0. The van der Waals surface area contributed by atoms with Crippen molar-refractivity contribution in [2.75, 3.05) is 27.3 Å². The molecule has 2 aromatic carbocycles. The summed E-state index contributed by atoms with van der Waals surface area (Å²) in [5, 5.41) is 0. The number of amides is 1. The lowest BCUT2D eigenvalue weighted by Crippen LogP contribution is -2.27. The van der Waals surface area contributed by atoms with E-state index in [9.17, 15) is 9.59 Å². The van der Waals surface area contributed by atoms with Crippen LogP contribution in [0.15, 0.2) is 54.6 Å². The van der Waals surface area contributed by atoms with E-state index < -0.39 is 0 Å². The highest BCUT2D eigenvalue weighted by atomic mass is 16.5. The highest BCUT2D eigenvalue weighted by Crippen LogP contribution is 2.17. The summed E-state index contributed by atoms with van der Waals surface area (Å²) < 4.78 is 10.9. The molecule has 5 nitrogen and oxygen atoms in total. The van der Waals surface area contributed by atoms with E-state index in [0.29, 0.717) is 17.9 Å². The van der Waals surface area contributed by atoms with Gasteiger partial charge in [0.15, 0.2) is 12.4 Å². The molecule has 0 unspecified atom stereocenters. The molecule has 0 saturated heterocycles. The minimum atomic E-state index is -0.143. The largest absolute Gasteiger partial charge is 0.494 e. The van der Waals surface area contributed by atoms with Crippen LogP contribution in [-0.2, 0) is 4.79 Å². The Morgan fingerprint density at radius 2 is 1.69 bits per heavy atom. The van der Waals surface area contributed by atoms with Crippen molar-refractivity contribution in [1.82, 2.24) is 4.90 Å². The number of ether oxygens (including phenoxy) is 2. The third kappa shape index (κ3) is 5.77. The third-order valence-electron chi connectivity index (χ3n) is 3.58. The number of rotatable bonds is 8. The fourth-order valence-corrected chi connectivity index (χ4v) is 2.16. The first-order valence-electron chi connectivity index (χ1n) is 8.38. The molecule has 0 aliphatic heterocycles. The van der Waals surface area contributed by atoms with Gasteiger partial charge in [-0.1, -0.05) is 30.3 Å². The molecular weight excluding hydrogens is 330 g/mol. The topological polar surface area (TPSA) is 55.8 Å². The van der Waals surface area contributed by atoms with Crippen molar-refractivity contribution in [3.63, 3.8) is 0 Å². The molecule has 0 spiro atoms. The van der Waals surface area contributed by atoms with Crippen LogP contribution in [0, 0.1) is 0 Å². The van der Waals surface area contributed by atoms with Gasteiger partial charge < -0.3 is 14.4 Å². The molecule has 5 heteroatoms. The van der Waals surface area contributed by atoms with E-state index in [-0.39, 0.29) is 18.3 Å². The van der Waals surface area contributed by atoms with E-state index in [0.717, 1.165) is 11.3 Å². The lowest BCUT2D eigenvalue weighted by Gasteiger charge is -2.11. The predicted molar refractivity (Wildman–Crippen MR) is 102 cm³/mol. The standard InChI is InChI=1S/C21H23NO4/c1-4-25-18-9-5-7-16(13-18)11-12-20(23)17-8-6-10-19(14-17)26-15-21(24)22(2)3/h5-14H,4,15H2,1-3H3. The Morgan fingerprint density at radius 1 is 1.00 bits per heavy atom. The minimum absolute atomic E-state index is 0.0648. The number of carbonyl (C=O) groups excluding carboxylic acids is 2. The van der Waals surface area contributed by atoms with Gasteiger partial charge in [0.1, 0.15) is 11.5 Å². The zero-order valence-electron chi connectivity index (χ0n) is 15.3. The first-order valence-corrected chi connectivity index (χ1v) is 8.38. The van der Waals surface area contributed by atoms with Crippen LogP contribution in [0.3, 0.4) is 0 Å². The second-order valence-electron chi connectivity index (χ2n) is 5.81. The SMILES string of the molecule is CCOc1cccc(C=CC(=O)c2cccc(OCC(=O)N(C)C)c2)c1. The molecule has 0 heterocycles. The summed E-state index contributed by atoms with van der Waals surface area (Å²) in [7, 11) is 3.33. The summed E-state index contributed by atoms with van der Waals surface area (Å²) in [6.45, 7) is 2.45. The first-order chi connectivity index (χ1) is 12.5. The predicted octanol–water partition coefficient (Wildman–Crippen LogP) is 3.45. The fraction of sp³-hybridized carbons (Fsp3) is 0.238. The average Bonchev–Trinajstić information content (AvgIpc) is 2.65. The molecule has 0 bridgehead atoms. The van der Waals surface area contributed by atoms with Crippen LogP contribution in [0.4, 0.5) is 0 Å². The Labute approximate surface area is 153 Å². The highest BCUT2D eigenvalue weighted by Gasteiger charge is 2.07. The van der Waals surface area contributed by atoms with E-state index in [1.54, 1.807) is 44.4 Å². The third-order valence-corrected chi connectivity index (χ3v) is 3.58. The fourth-order valence-electron chi connectivity index (χ4n) is 2.16. The van der Waals surface area contributed by atoms with Crippen molar-refractivity contribution in [3.05, 3.63) is 65.7 Å². The van der Waals surface area contributed by atoms with Crippen molar-refractivity contribution in [2.24, 2.45) is 0 Å². The lowest BCUT2D eigenvalue weighted by molar-refractivity contribution is -0.130. The maximum Gasteiger partial charge on any atom is 0.259 e. The summed E-state index contributed by atoms with van der Waals surface area (Å²) in [4.78, 5) is 25.4. The van der Waals surface area contributed by atoms with Crippen molar-refractivity contribution in [2.45, 2.75) is 6.92 Å². The summed E-state index contributed by atoms with van der Waals surface area (Å²) in [5.41, 5.74) is 1.38. The highest BCUT2D eigenvalue weighted by molar-refractivity contribution is 6.07. The second-order valence-corrected chi connectivity index (χ2v) is 5.81. The van der Waals surface area contributed by atoms with Crippen LogP contribution in [0.5, 0.6) is 11.5 Å². The molecule has 0 aliphatic carbocycles. The van der Waals surface area contributed by atoms with E-state index >= 15 is 0 Å². The molecular formula is C21H23NO4. The van der Waals surface area contributed by atoms with Gasteiger partial charge in [0.2, 0.25) is 0 Å². The van der Waals surface area contributed by atoms with Crippen LogP contribution in [-0.4, -0.2) is 43.9 Å². The van der Waals surface area contributed by atoms with Crippen molar-refractivity contribution in [3.8, 4) is 11.5 Å². The van der Waals surface area contributed by atoms with Gasteiger partial charge >= 0.3 is 0 Å². The Kier molecular flexibility index (Phi) is 6.97. The number of allylic oxidation sites excluding steroid dienone is 1. The van der Waals surface area contributed by atoms with Gasteiger partial charge in [-0.25, -0.2) is 0 Å². The van der Waals surface area contributed by atoms with E-state index in [2.05, 4.69) is 0 Å². The molecule has 0 fully saturated rings. The Morgan fingerprint density at radius 3 is 2.38 bits per heavy atom. The number of likely N-dealkylation sites (N-methyl/N-ethyl adjacent to an activating group) is 1. The van der Waals surface area contributed by atoms with Crippen LogP contribution >= 0.6 is 0 Å². The van der Waals surface area contributed by atoms with Crippen LogP contribution in [0.1, 0.15) is 22.8 Å². The molecule has 0 radical (unpaired) electrons. The maximum absolute atomic E-state index is 12.4. The van der Waals surface area contributed by atoms with Crippen molar-refractivity contribution >= 4 is 17.8 Å². The monoisotopic (exact) mass is 353 g/mol. The Bertz CT molecular complexity index is 796. The summed E-state index contributed by atoms with van der Waals surface area (Å²) in [6.07, 6.45) is 3.25. The van der Waals surface area contributed by atoms with Gasteiger partial charge in [0.05, 0.1) is 6.61 Å². The first kappa shape index (κ1) is 19.2. The molecule has 26 heavy (non-hydrogen) atoms. The second kappa shape index (κ2) is 9.42. The molecule has 2 rings (SSSR count). The lowest BCUT2D eigenvalue weighted by atomic mass is 10.1. The van der Waals surface area contributed by atoms with Crippen LogP contribution in [0.25, 0.3) is 6.08 Å². The Balaban J connectivity index is 2.04. The number of benzene rings is 2. The molecule has 0 aliphatic rings. The molecule has 2 aromatic rings. The Hall–Kier alpha value is -3.08. The summed E-state index contributed by atoms with van der Waals surface area (Å²) in [5.74, 6) is 0.966. The van der Waals surface area contributed by atoms with E-state index in [4.69, 9.17) is 9.47 Å². The number of ketones is 1. The number of hydrogen-bond donors (Lipinski definition) is 0. The smallest absolute Gasteiger partial charge is 0.259 e. The average molecular weight is 353 g/mol. The van der Waals surface area contributed by atoms with Gasteiger partial charge in [-0.3, -0.25) is 9.59 Å². The van der Waals surface area contributed by atoms with Gasteiger partial charge in [0.25, 0.3) is 5.91 Å². The molecule has 0 N–H and O–H groups in total. The molecule has 0 atom stereocenters. The maximum atomic E-state index is 12.4. The zero-order valence-corrected chi connectivity index (χ0v) is 15.3. The van der Waals surface area contributed by atoms with Gasteiger partial charge in [-0.2, -0.15) is 0 Å². The quantitative estimate of drug-likeness (QED) is 0.539. The molecule has 1 amide bonds. The molecule has 136 valence electrons. The minimum Gasteiger partial charge on any atom is -0.494 e. The number of hydrogen-bond acceptors (Lipinski definition) is 4. The van der Waals surface area contributed by atoms with Gasteiger partial charge in [-0.15, -0.1) is 0 Å². The normalized spacial score (nSPS) is 10.6. The van der Waals surface area contributed by atoms with Crippen LogP contribution < -0.4 is 9.47 Å². The van der Waals surface area contributed by atoms with Crippen molar-refractivity contribution < 1.29 is 19.1 Å². The van der Waals surface area contributed by atoms with E-state index in [1.165, 1.54) is 11.0 Å². The zero-order chi connectivity index (χ0) is 18.9. The van der Waals surface area contributed by atoms with Crippen molar-refractivity contribution in [1.29, 1.82) is 0 Å². The van der Waals surface area contributed by atoms with E-state index in [1.807, 2.05) is 31.2 Å². The number of carbonyl (C=O) groups is 2. The molecule has 0 aromatic heterocycles. The number of nitrogens with zero attached hydrogens (tertiary/aromatic N) is 1. The van der Waals surface area contributed by atoms with Gasteiger partial charge in [0, 0.05) is 19.7 Å².